The maximum atomic E-state index is 5.10. The van der Waals surface area contributed by atoms with Crippen molar-refractivity contribution < 1.29 is 4.74 Å². The smallest absolute Gasteiger partial charge is 0.191 e. The Morgan fingerprint density at radius 2 is 2.33 bits per heavy atom. The molecule has 0 aliphatic carbocycles. The molecule has 1 aromatic heterocycles. The van der Waals surface area contributed by atoms with Crippen LogP contribution in [0.5, 0.6) is 0 Å². The first-order chi connectivity index (χ1) is 11.3. The predicted octanol–water partition coefficient (Wildman–Crippen LogP) is 1.88. The van der Waals surface area contributed by atoms with E-state index in [0.29, 0.717) is 12.6 Å². The molecule has 2 heterocycles. The van der Waals surface area contributed by atoms with Crippen LogP contribution >= 0.6 is 24.0 Å². The van der Waals surface area contributed by atoms with E-state index in [1.165, 1.54) is 0 Å². The molecule has 2 rings (SSSR count). The van der Waals surface area contributed by atoms with Crippen LogP contribution in [0, 0.1) is 0 Å². The van der Waals surface area contributed by atoms with Crippen molar-refractivity contribution in [2.75, 3.05) is 20.2 Å². The van der Waals surface area contributed by atoms with Crippen molar-refractivity contribution in [3.8, 4) is 0 Å². The number of hydrogen-bond acceptors (Lipinski definition) is 4. The average Bonchev–Trinajstić information content (AvgIpc) is 2.93. The predicted molar refractivity (Wildman–Crippen MR) is 107 cm³/mol. The molecule has 1 atom stereocenters. The van der Waals surface area contributed by atoms with E-state index in [4.69, 9.17) is 4.74 Å². The molecule has 0 amide bonds. The minimum absolute atomic E-state index is 0. The molecule has 24 heavy (non-hydrogen) atoms. The number of guanidine groups is 1. The van der Waals surface area contributed by atoms with Crippen LogP contribution in [0.2, 0.25) is 0 Å². The second-order valence-electron chi connectivity index (χ2n) is 5.56. The first-order valence-electron chi connectivity index (χ1n) is 8.34. The molecule has 0 bridgehead atoms. The third-order valence-electron chi connectivity index (χ3n) is 3.66. The average molecular weight is 448 g/mol. The zero-order valence-electron chi connectivity index (χ0n) is 14.8. The number of halogens is 1. The van der Waals surface area contributed by atoms with Gasteiger partial charge in [-0.05, 0) is 26.7 Å². The van der Waals surface area contributed by atoms with Gasteiger partial charge in [-0.2, -0.15) is 5.10 Å². The highest BCUT2D eigenvalue weighted by Gasteiger charge is 2.22. The number of fused-ring (bicyclic) bond motifs is 1. The van der Waals surface area contributed by atoms with Crippen LogP contribution < -0.4 is 10.6 Å². The number of methoxy groups -OCH3 is 1. The van der Waals surface area contributed by atoms with E-state index in [1.54, 1.807) is 7.11 Å². The quantitative estimate of drug-likeness (QED) is 0.219. The van der Waals surface area contributed by atoms with Crippen molar-refractivity contribution in [1.29, 1.82) is 0 Å². The van der Waals surface area contributed by atoms with Crippen molar-refractivity contribution in [2.45, 2.75) is 52.3 Å². The Morgan fingerprint density at radius 3 is 3.04 bits per heavy atom. The molecule has 1 aliphatic rings. The third kappa shape index (κ3) is 6.39. The Kier molecular flexibility index (Phi) is 9.92. The van der Waals surface area contributed by atoms with Gasteiger partial charge in [-0.3, -0.25) is 4.99 Å². The Morgan fingerprint density at radius 1 is 1.50 bits per heavy atom. The number of aryl methyl sites for hydroxylation is 1. The topological polar surface area (TPSA) is 76.4 Å². The number of ether oxygens (including phenoxy) is 1. The molecule has 8 heteroatoms. The normalized spacial score (nSPS) is 17.5. The molecule has 0 spiro atoms. The molecule has 2 N–H and O–H groups in total. The van der Waals surface area contributed by atoms with Crippen LogP contribution in [-0.2, 0) is 24.3 Å². The van der Waals surface area contributed by atoms with Gasteiger partial charge in [0.15, 0.2) is 11.8 Å². The summed E-state index contributed by atoms with van der Waals surface area (Å²) < 4.78 is 7.09. The standard InChI is InChI=1S/C16H28N6O.HI/c1-4-6-7-10-18-16(17-5-2)19-13-8-9-15-20-14(12-23-3)21-22(15)11-13;/h4,6,13H,5,7-12H2,1-3H3,(H2,17,18,19);1H/b6-4+;. The first kappa shape index (κ1) is 20.9. The van der Waals surface area contributed by atoms with E-state index < -0.39 is 0 Å². The van der Waals surface area contributed by atoms with E-state index in [2.05, 4.69) is 44.8 Å². The SMILES string of the molecule is C/C=C/CCN=C(NCC)NC1CCc2nc(COC)nn2C1.I. The van der Waals surface area contributed by atoms with Gasteiger partial charge in [-0.1, -0.05) is 12.2 Å². The molecule has 0 saturated heterocycles. The van der Waals surface area contributed by atoms with E-state index in [9.17, 15) is 0 Å². The maximum absolute atomic E-state index is 5.10. The van der Waals surface area contributed by atoms with Gasteiger partial charge in [0.25, 0.3) is 0 Å². The number of nitrogens with zero attached hydrogens (tertiary/aromatic N) is 4. The van der Waals surface area contributed by atoms with Gasteiger partial charge in [0, 0.05) is 32.7 Å². The summed E-state index contributed by atoms with van der Waals surface area (Å²) in [5.74, 6) is 2.68. The lowest BCUT2D eigenvalue weighted by molar-refractivity contribution is 0.177. The van der Waals surface area contributed by atoms with Crippen molar-refractivity contribution in [2.24, 2.45) is 4.99 Å². The summed E-state index contributed by atoms with van der Waals surface area (Å²) in [6.45, 7) is 7.03. The second kappa shape index (κ2) is 11.4. The fraction of sp³-hybridized carbons (Fsp3) is 0.688. The fourth-order valence-corrected chi connectivity index (χ4v) is 2.60. The summed E-state index contributed by atoms with van der Waals surface area (Å²) in [4.78, 5) is 9.12. The van der Waals surface area contributed by atoms with Gasteiger partial charge >= 0.3 is 0 Å². The number of hydrogen-bond donors (Lipinski definition) is 2. The summed E-state index contributed by atoms with van der Waals surface area (Å²) in [5, 5.41) is 11.3. The van der Waals surface area contributed by atoms with Gasteiger partial charge in [0.2, 0.25) is 0 Å². The van der Waals surface area contributed by atoms with Crippen molar-refractivity contribution in [1.82, 2.24) is 25.4 Å². The van der Waals surface area contributed by atoms with Crippen LogP contribution in [0.3, 0.4) is 0 Å². The monoisotopic (exact) mass is 448 g/mol. The Bertz CT molecular complexity index is 543. The van der Waals surface area contributed by atoms with Crippen LogP contribution in [0.4, 0.5) is 0 Å². The summed E-state index contributed by atoms with van der Waals surface area (Å²) in [7, 11) is 1.66. The van der Waals surface area contributed by atoms with Gasteiger partial charge < -0.3 is 15.4 Å². The lowest BCUT2D eigenvalue weighted by Crippen LogP contribution is -2.47. The minimum Gasteiger partial charge on any atom is -0.377 e. The second-order valence-corrected chi connectivity index (χ2v) is 5.56. The Labute approximate surface area is 161 Å². The summed E-state index contributed by atoms with van der Waals surface area (Å²) >= 11 is 0. The largest absolute Gasteiger partial charge is 0.377 e. The zero-order chi connectivity index (χ0) is 16.5. The molecule has 136 valence electrons. The Balaban J connectivity index is 0.00000288. The van der Waals surface area contributed by atoms with Gasteiger partial charge in [-0.15, -0.1) is 24.0 Å². The maximum Gasteiger partial charge on any atom is 0.191 e. The van der Waals surface area contributed by atoms with E-state index in [0.717, 1.165) is 56.5 Å². The molecule has 0 fully saturated rings. The summed E-state index contributed by atoms with van der Waals surface area (Å²) in [6, 6.07) is 0.319. The summed E-state index contributed by atoms with van der Waals surface area (Å²) in [5.41, 5.74) is 0. The lowest BCUT2D eigenvalue weighted by Gasteiger charge is -2.25. The van der Waals surface area contributed by atoms with Crippen LogP contribution in [0.25, 0.3) is 0 Å². The molecule has 0 saturated carbocycles. The molecule has 0 radical (unpaired) electrons. The summed E-state index contributed by atoms with van der Waals surface area (Å²) in [6.07, 6.45) is 7.11. The van der Waals surface area contributed by atoms with Gasteiger partial charge in [0.05, 0.1) is 6.54 Å². The molecular formula is C16H29IN6O. The molecular weight excluding hydrogens is 419 g/mol. The fourth-order valence-electron chi connectivity index (χ4n) is 2.60. The lowest BCUT2D eigenvalue weighted by atomic mass is 10.1. The molecule has 1 aliphatic heterocycles. The van der Waals surface area contributed by atoms with Crippen LogP contribution in [0.1, 0.15) is 38.3 Å². The van der Waals surface area contributed by atoms with E-state index >= 15 is 0 Å². The zero-order valence-corrected chi connectivity index (χ0v) is 17.1. The minimum atomic E-state index is 0. The van der Waals surface area contributed by atoms with Crippen molar-refractivity contribution in [3.63, 3.8) is 0 Å². The van der Waals surface area contributed by atoms with Crippen LogP contribution in [0.15, 0.2) is 17.1 Å². The van der Waals surface area contributed by atoms with Crippen molar-refractivity contribution >= 4 is 29.9 Å². The highest BCUT2D eigenvalue weighted by molar-refractivity contribution is 14.0. The number of aliphatic imine (C=N–C) groups is 1. The molecule has 0 aromatic carbocycles. The van der Waals surface area contributed by atoms with Gasteiger partial charge in [0.1, 0.15) is 12.4 Å². The highest BCUT2D eigenvalue weighted by atomic mass is 127. The van der Waals surface area contributed by atoms with E-state index in [1.807, 2.05) is 11.6 Å². The van der Waals surface area contributed by atoms with Crippen LogP contribution in [-0.4, -0.2) is 47.0 Å². The van der Waals surface area contributed by atoms with Crippen molar-refractivity contribution in [3.05, 3.63) is 23.8 Å². The number of aromatic nitrogens is 3. The molecule has 1 unspecified atom stereocenters. The molecule has 7 nitrogen and oxygen atoms in total. The highest BCUT2D eigenvalue weighted by Crippen LogP contribution is 2.13. The number of rotatable bonds is 7. The Hall–Kier alpha value is -1.16. The van der Waals surface area contributed by atoms with Gasteiger partial charge in [-0.25, -0.2) is 9.67 Å². The first-order valence-corrected chi connectivity index (χ1v) is 8.34. The molecule has 1 aromatic rings. The van der Waals surface area contributed by atoms with E-state index in [-0.39, 0.29) is 24.0 Å². The number of nitrogens with one attached hydrogen (secondary N) is 2. The number of allylic oxidation sites excluding steroid dienone is 1. The third-order valence-corrected chi connectivity index (χ3v) is 3.66.